The normalized spacial score (nSPS) is 12.1. The van der Waals surface area contributed by atoms with E-state index in [2.05, 4.69) is 0 Å². The Labute approximate surface area is 126 Å². The van der Waals surface area contributed by atoms with Crippen LogP contribution < -0.4 is 4.74 Å². The first-order chi connectivity index (χ1) is 10.3. The molecule has 0 atom stereocenters. The quantitative estimate of drug-likeness (QED) is 0.836. The summed E-state index contributed by atoms with van der Waals surface area (Å²) in [6, 6.07) is 13.2. The highest BCUT2D eigenvalue weighted by Gasteiger charge is 2.26. The first-order valence-corrected chi connectivity index (χ1v) is 7.87. The molecule has 0 aliphatic carbocycles. The summed E-state index contributed by atoms with van der Waals surface area (Å²) in [7, 11) is -3.64. The van der Waals surface area contributed by atoms with Gasteiger partial charge in [0.1, 0.15) is 5.75 Å². The van der Waals surface area contributed by atoms with Crippen molar-refractivity contribution in [2.75, 3.05) is 6.61 Å². The Morgan fingerprint density at radius 2 is 1.41 bits per heavy atom. The standard InChI is InChI=1S/C15H13F3O3S/c16-15(17,18)10-11-21-12-6-8-14(9-7-12)22(19,20)13-4-2-1-3-5-13/h1-9H,10-11H2. The van der Waals surface area contributed by atoms with Crippen molar-refractivity contribution in [1.29, 1.82) is 0 Å². The van der Waals surface area contributed by atoms with Gasteiger partial charge in [0, 0.05) is 0 Å². The zero-order valence-corrected chi connectivity index (χ0v) is 12.2. The molecule has 2 aromatic rings. The number of rotatable bonds is 5. The molecular formula is C15H13F3O3S. The van der Waals surface area contributed by atoms with Gasteiger partial charge in [-0.1, -0.05) is 18.2 Å². The highest BCUT2D eigenvalue weighted by Crippen LogP contribution is 2.24. The molecular weight excluding hydrogens is 317 g/mol. The Bertz CT molecular complexity index is 708. The van der Waals surface area contributed by atoms with Crippen LogP contribution in [0, 0.1) is 0 Å². The van der Waals surface area contributed by atoms with E-state index in [1.807, 2.05) is 0 Å². The lowest BCUT2D eigenvalue weighted by atomic mass is 10.3. The van der Waals surface area contributed by atoms with E-state index in [1.54, 1.807) is 18.2 Å². The van der Waals surface area contributed by atoms with Gasteiger partial charge in [-0.25, -0.2) is 8.42 Å². The summed E-state index contributed by atoms with van der Waals surface area (Å²) in [4.78, 5) is 0.211. The van der Waals surface area contributed by atoms with E-state index in [9.17, 15) is 21.6 Å². The van der Waals surface area contributed by atoms with E-state index in [0.717, 1.165) is 0 Å². The average Bonchev–Trinajstić information content (AvgIpc) is 2.47. The average molecular weight is 330 g/mol. The van der Waals surface area contributed by atoms with Crippen molar-refractivity contribution in [3.63, 3.8) is 0 Å². The van der Waals surface area contributed by atoms with Gasteiger partial charge in [0.2, 0.25) is 9.84 Å². The van der Waals surface area contributed by atoms with Gasteiger partial charge < -0.3 is 4.74 Å². The van der Waals surface area contributed by atoms with Crippen LogP contribution in [-0.4, -0.2) is 21.2 Å². The number of halogens is 3. The summed E-state index contributed by atoms with van der Waals surface area (Å²) in [5.41, 5.74) is 0. The molecule has 0 N–H and O–H groups in total. The van der Waals surface area contributed by atoms with Gasteiger partial charge in [0.15, 0.2) is 0 Å². The van der Waals surface area contributed by atoms with Crippen molar-refractivity contribution in [3.05, 3.63) is 54.6 Å². The van der Waals surface area contributed by atoms with Gasteiger partial charge in [-0.2, -0.15) is 13.2 Å². The smallest absolute Gasteiger partial charge is 0.392 e. The predicted octanol–water partition coefficient (Wildman–Crippen LogP) is 3.85. The molecule has 0 fully saturated rings. The van der Waals surface area contributed by atoms with Crippen molar-refractivity contribution in [2.24, 2.45) is 0 Å². The maximum absolute atomic E-state index is 12.3. The van der Waals surface area contributed by atoms with Gasteiger partial charge in [-0.3, -0.25) is 0 Å². The van der Waals surface area contributed by atoms with E-state index in [0.29, 0.717) is 0 Å². The largest absolute Gasteiger partial charge is 0.493 e. The molecule has 0 aromatic heterocycles. The summed E-state index contributed by atoms with van der Waals surface area (Å²) >= 11 is 0. The third-order valence-corrected chi connectivity index (χ3v) is 4.63. The maximum Gasteiger partial charge on any atom is 0.392 e. The number of alkyl halides is 3. The fourth-order valence-electron chi connectivity index (χ4n) is 1.74. The molecule has 0 spiro atoms. The molecule has 118 valence electrons. The number of hydrogen-bond acceptors (Lipinski definition) is 3. The number of ether oxygens (including phenoxy) is 1. The number of benzene rings is 2. The SMILES string of the molecule is O=S(=O)(c1ccccc1)c1ccc(OCCC(F)(F)F)cc1. The van der Waals surface area contributed by atoms with Crippen molar-refractivity contribution in [2.45, 2.75) is 22.4 Å². The Morgan fingerprint density at radius 3 is 1.95 bits per heavy atom. The van der Waals surface area contributed by atoms with Gasteiger partial charge in [-0.05, 0) is 36.4 Å². The van der Waals surface area contributed by atoms with Crippen LogP contribution in [0.4, 0.5) is 13.2 Å². The monoisotopic (exact) mass is 330 g/mol. The lowest BCUT2D eigenvalue weighted by molar-refractivity contribution is -0.139. The predicted molar refractivity (Wildman–Crippen MR) is 74.5 cm³/mol. The van der Waals surface area contributed by atoms with Crippen LogP contribution in [0.3, 0.4) is 0 Å². The van der Waals surface area contributed by atoms with Crippen molar-refractivity contribution >= 4 is 9.84 Å². The highest BCUT2D eigenvalue weighted by molar-refractivity contribution is 7.91. The second-order valence-electron chi connectivity index (χ2n) is 4.50. The van der Waals surface area contributed by atoms with Crippen molar-refractivity contribution < 1.29 is 26.3 Å². The molecule has 0 amide bonds. The van der Waals surface area contributed by atoms with Gasteiger partial charge in [0.05, 0.1) is 22.8 Å². The van der Waals surface area contributed by atoms with Crippen LogP contribution in [0.1, 0.15) is 6.42 Å². The summed E-state index contributed by atoms with van der Waals surface area (Å²) < 4.78 is 65.6. The second kappa shape index (κ2) is 6.39. The van der Waals surface area contributed by atoms with E-state index in [-0.39, 0.29) is 15.5 Å². The summed E-state index contributed by atoms with van der Waals surface area (Å²) in [5, 5.41) is 0. The summed E-state index contributed by atoms with van der Waals surface area (Å²) in [5.74, 6) is 0.191. The van der Waals surface area contributed by atoms with E-state index >= 15 is 0 Å². The van der Waals surface area contributed by atoms with Crippen molar-refractivity contribution in [3.8, 4) is 5.75 Å². The highest BCUT2D eigenvalue weighted by atomic mass is 32.2. The van der Waals surface area contributed by atoms with Gasteiger partial charge in [0.25, 0.3) is 0 Å². The Balaban J connectivity index is 2.09. The van der Waals surface area contributed by atoms with Crippen LogP contribution in [0.15, 0.2) is 64.4 Å². The molecule has 0 saturated carbocycles. The molecule has 0 unspecified atom stereocenters. The summed E-state index contributed by atoms with van der Waals surface area (Å²) in [6.45, 7) is -0.506. The molecule has 0 bridgehead atoms. The molecule has 0 radical (unpaired) electrons. The topological polar surface area (TPSA) is 43.4 Å². The van der Waals surface area contributed by atoms with Crippen LogP contribution in [0.2, 0.25) is 0 Å². The number of sulfone groups is 1. The lowest BCUT2D eigenvalue weighted by Crippen LogP contribution is -2.13. The molecule has 22 heavy (non-hydrogen) atoms. The third-order valence-electron chi connectivity index (χ3n) is 2.84. The Kier molecular flexibility index (Phi) is 4.75. The molecule has 0 aliphatic rings. The molecule has 2 rings (SSSR count). The van der Waals surface area contributed by atoms with Crippen LogP contribution >= 0.6 is 0 Å². The zero-order valence-electron chi connectivity index (χ0n) is 11.4. The maximum atomic E-state index is 12.3. The fourth-order valence-corrected chi connectivity index (χ4v) is 3.02. The zero-order chi connectivity index (χ0) is 16.2. The van der Waals surface area contributed by atoms with E-state index in [4.69, 9.17) is 4.74 Å². The minimum atomic E-state index is -4.28. The minimum absolute atomic E-state index is 0.0573. The minimum Gasteiger partial charge on any atom is -0.493 e. The van der Waals surface area contributed by atoms with Crippen LogP contribution in [0.5, 0.6) is 5.75 Å². The molecule has 0 heterocycles. The van der Waals surface area contributed by atoms with Crippen LogP contribution in [-0.2, 0) is 9.84 Å². The molecule has 0 aliphatic heterocycles. The number of hydrogen-bond donors (Lipinski definition) is 0. The molecule has 7 heteroatoms. The first-order valence-electron chi connectivity index (χ1n) is 6.39. The third kappa shape index (κ3) is 4.24. The van der Waals surface area contributed by atoms with Crippen LogP contribution in [0.25, 0.3) is 0 Å². The Hall–Kier alpha value is -2.02. The first kappa shape index (κ1) is 16.4. The summed E-state index contributed by atoms with van der Waals surface area (Å²) in [6.07, 6.45) is -5.34. The Morgan fingerprint density at radius 1 is 0.864 bits per heavy atom. The van der Waals surface area contributed by atoms with E-state index < -0.39 is 29.0 Å². The second-order valence-corrected chi connectivity index (χ2v) is 6.45. The van der Waals surface area contributed by atoms with E-state index in [1.165, 1.54) is 36.4 Å². The lowest BCUT2D eigenvalue weighted by Gasteiger charge is -2.09. The molecule has 2 aromatic carbocycles. The van der Waals surface area contributed by atoms with Gasteiger partial charge in [-0.15, -0.1) is 0 Å². The van der Waals surface area contributed by atoms with Crippen molar-refractivity contribution in [1.82, 2.24) is 0 Å². The molecule has 3 nitrogen and oxygen atoms in total. The molecule has 0 saturated heterocycles. The fraction of sp³-hybridized carbons (Fsp3) is 0.200. The van der Waals surface area contributed by atoms with Gasteiger partial charge >= 0.3 is 6.18 Å².